The quantitative estimate of drug-likeness (QED) is 0.156. The Morgan fingerprint density at radius 2 is 1.23 bits per heavy atom. The van der Waals surface area contributed by atoms with Crippen molar-refractivity contribution >= 4 is 33.2 Å². The second-order valence-corrected chi connectivity index (χ2v) is 20.1. The Hall–Kier alpha value is -5.12. The van der Waals surface area contributed by atoms with Crippen LogP contribution in [0.4, 0.5) is 11.4 Å². The third-order valence-corrected chi connectivity index (χ3v) is 11.3. The molecule has 6 heteroatoms. The van der Waals surface area contributed by atoms with E-state index in [0.717, 1.165) is 44.7 Å². The zero-order valence-corrected chi connectivity index (χ0v) is 39.4. The van der Waals surface area contributed by atoms with E-state index in [1.165, 1.54) is 27.8 Å². The fourth-order valence-electron chi connectivity index (χ4n) is 7.74. The van der Waals surface area contributed by atoms with E-state index in [0.29, 0.717) is 11.5 Å². The third-order valence-electron chi connectivity index (χ3n) is 11.3. The van der Waals surface area contributed by atoms with Crippen LogP contribution in [0.2, 0.25) is 0 Å². The van der Waals surface area contributed by atoms with Gasteiger partial charge in [-0.25, -0.2) is 4.98 Å². The summed E-state index contributed by atoms with van der Waals surface area (Å²) in [4.78, 5) is 9.41. The van der Waals surface area contributed by atoms with E-state index in [-0.39, 0.29) is 42.7 Å². The summed E-state index contributed by atoms with van der Waals surface area (Å²) in [5, 5.41) is 2.26. The molecule has 0 aliphatic carbocycles. The molecule has 60 heavy (non-hydrogen) atoms. The Kier molecular flexibility index (Phi) is 11.3. The maximum absolute atomic E-state index is 6.66. The Balaban J connectivity index is 0.00000544. The fraction of sp³-hybridized carbons (Fsp3) is 0.296. The second-order valence-electron chi connectivity index (χ2n) is 20.1. The second kappa shape index (κ2) is 15.7. The van der Waals surface area contributed by atoms with Crippen molar-refractivity contribution in [3.8, 4) is 28.4 Å². The van der Waals surface area contributed by atoms with E-state index in [1.54, 1.807) is 0 Å². The van der Waals surface area contributed by atoms with Crippen molar-refractivity contribution in [3.05, 3.63) is 163 Å². The summed E-state index contributed by atoms with van der Waals surface area (Å²) in [6.07, 6.45) is 4.18. The van der Waals surface area contributed by atoms with Gasteiger partial charge >= 0.3 is 0 Å². The SMILES string of the molecule is CC(C)(C)C1=CN(c2cc(-c3ccccc3)cc(C(C)(C)C)c2)[CH-]N1c1[c-]c(Oc2[c-]c3c(cc2)c2ccc(C(C)(C)C)cc2n3-c2cc(C(C)(C)C)ccn2)ccc1.[Pt]. The van der Waals surface area contributed by atoms with Gasteiger partial charge in [-0.05, 0) is 86.0 Å². The van der Waals surface area contributed by atoms with Gasteiger partial charge in [0.2, 0.25) is 0 Å². The number of pyridine rings is 1. The van der Waals surface area contributed by atoms with Gasteiger partial charge < -0.3 is 19.1 Å². The molecule has 0 bridgehead atoms. The van der Waals surface area contributed by atoms with E-state index >= 15 is 0 Å². The molecule has 0 saturated carbocycles. The van der Waals surface area contributed by atoms with Crippen LogP contribution in [0.3, 0.4) is 0 Å². The fourth-order valence-corrected chi connectivity index (χ4v) is 7.74. The number of rotatable bonds is 6. The molecular weight excluding hydrogens is 916 g/mol. The van der Waals surface area contributed by atoms with Crippen LogP contribution in [0.15, 0.2) is 127 Å². The van der Waals surface area contributed by atoms with Crippen LogP contribution in [-0.4, -0.2) is 9.55 Å². The zero-order valence-electron chi connectivity index (χ0n) is 37.1. The van der Waals surface area contributed by atoms with E-state index < -0.39 is 0 Å². The van der Waals surface area contributed by atoms with Crippen molar-refractivity contribution in [2.75, 3.05) is 9.80 Å². The molecule has 0 N–H and O–H groups in total. The maximum Gasteiger partial charge on any atom is 0.135 e. The van der Waals surface area contributed by atoms with Crippen molar-refractivity contribution in [3.63, 3.8) is 0 Å². The number of aromatic nitrogens is 2. The van der Waals surface area contributed by atoms with Crippen LogP contribution in [0, 0.1) is 24.2 Å². The normalized spacial score (nSPS) is 13.8. The van der Waals surface area contributed by atoms with Crippen molar-refractivity contribution in [1.29, 1.82) is 0 Å². The van der Waals surface area contributed by atoms with Gasteiger partial charge in [0.25, 0.3) is 0 Å². The van der Waals surface area contributed by atoms with Crippen molar-refractivity contribution < 1.29 is 25.8 Å². The van der Waals surface area contributed by atoms with Gasteiger partial charge in [0, 0.05) is 61.1 Å². The number of fused-ring (bicyclic) bond motifs is 3. The predicted octanol–water partition coefficient (Wildman–Crippen LogP) is 14.5. The Morgan fingerprint density at radius 1 is 0.567 bits per heavy atom. The summed E-state index contributed by atoms with van der Waals surface area (Å²) in [5.74, 6) is 2.10. The molecule has 5 nitrogen and oxygen atoms in total. The van der Waals surface area contributed by atoms with Crippen molar-refractivity contribution in [2.45, 2.75) is 99.3 Å². The number of nitrogens with zero attached hydrogens (tertiary/aromatic N) is 4. The molecule has 0 spiro atoms. The summed E-state index contributed by atoms with van der Waals surface area (Å²) in [7, 11) is 0. The van der Waals surface area contributed by atoms with Crippen LogP contribution in [0.25, 0.3) is 38.8 Å². The van der Waals surface area contributed by atoms with Gasteiger partial charge in [-0.1, -0.05) is 137 Å². The number of anilines is 2. The first kappa shape index (κ1) is 43.0. The molecule has 3 heterocycles. The van der Waals surface area contributed by atoms with Crippen LogP contribution < -0.4 is 14.5 Å². The molecule has 1 aliphatic heterocycles. The minimum absolute atomic E-state index is 0. The standard InChI is InChI=1S/C54H57N4O.Pt/c1-51(2,3)38-21-23-45-46-24-22-44(33-48(46)58(47(45)30-38)50-31-39(25-26-55-50)52(4,5)6)59-43-20-16-19-41(32-43)57-35-56(34-49(57)54(10,11)12)42-28-37(36-17-14-13-15-18-36)27-40(29-42)53(7,8)9;/h13-31,34-35H,1-12H3;/q-3;. The van der Waals surface area contributed by atoms with Gasteiger partial charge in [-0.15, -0.1) is 48.1 Å². The topological polar surface area (TPSA) is 33.5 Å². The zero-order chi connectivity index (χ0) is 42.1. The molecule has 7 aromatic rings. The van der Waals surface area contributed by atoms with Gasteiger partial charge in [-0.2, -0.15) is 12.1 Å². The van der Waals surface area contributed by atoms with Gasteiger partial charge in [0.15, 0.2) is 0 Å². The maximum atomic E-state index is 6.66. The molecule has 2 aromatic heterocycles. The first-order valence-electron chi connectivity index (χ1n) is 20.8. The Morgan fingerprint density at radius 3 is 1.92 bits per heavy atom. The molecule has 0 fully saturated rings. The van der Waals surface area contributed by atoms with Crippen LogP contribution >= 0.6 is 0 Å². The summed E-state index contributed by atoms with van der Waals surface area (Å²) >= 11 is 0. The smallest absolute Gasteiger partial charge is 0.135 e. The Labute approximate surface area is 372 Å². The summed E-state index contributed by atoms with van der Waals surface area (Å²) in [6.45, 7) is 29.2. The minimum atomic E-state index is -0.155. The first-order valence-corrected chi connectivity index (χ1v) is 20.8. The largest absolute Gasteiger partial charge is 0.509 e. The number of allylic oxidation sites excluding steroid dienone is 1. The summed E-state index contributed by atoms with van der Waals surface area (Å²) in [6, 6.07) is 46.2. The summed E-state index contributed by atoms with van der Waals surface area (Å²) < 4.78 is 8.91. The molecule has 8 rings (SSSR count). The van der Waals surface area contributed by atoms with Gasteiger partial charge in [0.1, 0.15) is 5.82 Å². The molecule has 0 amide bonds. The third kappa shape index (κ3) is 8.57. The predicted molar refractivity (Wildman–Crippen MR) is 248 cm³/mol. The van der Waals surface area contributed by atoms with Crippen LogP contribution in [0.1, 0.15) is 99.8 Å². The Bertz CT molecular complexity index is 2720. The van der Waals surface area contributed by atoms with Crippen molar-refractivity contribution in [1.82, 2.24) is 9.55 Å². The number of ether oxygens (including phenoxy) is 1. The van der Waals surface area contributed by atoms with E-state index in [2.05, 4.69) is 213 Å². The van der Waals surface area contributed by atoms with Gasteiger partial charge in [-0.3, -0.25) is 0 Å². The molecule has 5 aromatic carbocycles. The van der Waals surface area contributed by atoms with E-state index in [1.807, 2.05) is 24.4 Å². The first-order chi connectivity index (χ1) is 27.7. The number of benzene rings is 5. The molecule has 0 radical (unpaired) electrons. The molecule has 312 valence electrons. The monoisotopic (exact) mass is 972 g/mol. The minimum Gasteiger partial charge on any atom is -0.509 e. The molecule has 0 atom stereocenters. The molecule has 0 saturated heterocycles. The van der Waals surface area contributed by atoms with E-state index in [9.17, 15) is 0 Å². The molecule has 1 aliphatic rings. The van der Waals surface area contributed by atoms with Gasteiger partial charge in [0.05, 0.1) is 0 Å². The number of hydrogen-bond acceptors (Lipinski definition) is 4. The summed E-state index contributed by atoms with van der Waals surface area (Å²) in [5.41, 5.74) is 11.2. The van der Waals surface area contributed by atoms with Crippen LogP contribution in [-0.2, 0) is 37.3 Å². The molecular formula is C54H57N4OPt-3. The molecule has 0 unspecified atom stereocenters. The van der Waals surface area contributed by atoms with Crippen molar-refractivity contribution in [2.24, 2.45) is 5.41 Å². The number of hydrogen-bond donors (Lipinski definition) is 0. The average molecular weight is 973 g/mol. The van der Waals surface area contributed by atoms with Crippen LogP contribution in [0.5, 0.6) is 11.5 Å². The van der Waals surface area contributed by atoms with E-state index in [4.69, 9.17) is 9.72 Å². The average Bonchev–Trinajstić information content (AvgIpc) is 3.78.